The second-order valence-corrected chi connectivity index (χ2v) is 4.78. The Morgan fingerprint density at radius 1 is 1.56 bits per heavy atom. The van der Waals surface area contributed by atoms with Crippen LogP contribution in [0.15, 0.2) is 18.2 Å². The van der Waals surface area contributed by atoms with Gasteiger partial charge in [-0.1, -0.05) is 6.07 Å². The van der Waals surface area contributed by atoms with E-state index in [0.717, 1.165) is 31.6 Å². The molecule has 1 amide bonds. The van der Waals surface area contributed by atoms with Gasteiger partial charge in [-0.2, -0.15) is 0 Å². The van der Waals surface area contributed by atoms with E-state index in [1.54, 1.807) is 19.1 Å². The molecular formula is C14H19NO3. The molecule has 1 aliphatic heterocycles. The fourth-order valence-electron chi connectivity index (χ4n) is 2.05. The van der Waals surface area contributed by atoms with Crippen molar-refractivity contribution in [3.8, 4) is 5.75 Å². The molecule has 4 nitrogen and oxygen atoms in total. The van der Waals surface area contributed by atoms with Crippen LogP contribution >= 0.6 is 0 Å². The lowest BCUT2D eigenvalue weighted by atomic mass is 10.1. The summed E-state index contributed by atoms with van der Waals surface area (Å²) in [5, 5.41) is 12.4. The zero-order valence-corrected chi connectivity index (χ0v) is 10.6. The lowest BCUT2D eigenvalue weighted by Crippen LogP contribution is -2.26. The molecule has 1 atom stereocenters. The van der Waals surface area contributed by atoms with Crippen LogP contribution in [-0.2, 0) is 4.74 Å². The molecule has 1 aromatic carbocycles. The van der Waals surface area contributed by atoms with E-state index in [9.17, 15) is 9.90 Å². The molecule has 2 rings (SSSR count). The first kappa shape index (κ1) is 12.9. The van der Waals surface area contributed by atoms with Crippen LogP contribution in [0.2, 0.25) is 0 Å². The summed E-state index contributed by atoms with van der Waals surface area (Å²) in [7, 11) is 0. The first-order valence-corrected chi connectivity index (χ1v) is 6.32. The molecule has 1 heterocycles. The van der Waals surface area contributed by atoms with E-state index in [2.05, 4.69) is 5.32 Å². The number of carbonyl (C=O) groups is 1. The molecule has 1 fully saturated rings. The fourth-order valence-corrected chi connectivity index (χ4v) is 2.05. The number of rotatable bonds is 4. The van der Waals surface area contributed by atoms with E-state index in [1.807, 2.05) is 0 Å². The Labute approximate surface area is 107 Å². The summed E-state index contributed by atoms with van der Waals surface area (Å²) in [4.78, 5) is 11.8. The number of aryl methyl sites for hydroxylation is 1. The quantitative estimate of drug-likeness (QED) is 0.856. The standard InChI is InChI=1S/C14H19NO3/c1-10-2-3-12(8-13(10)16)14(17)15-6-4-11-5-7-18-9-11/h2-3,8,11,16H,4-7,9H2,1H3,(H,15,17). The van der Waals surface area contributed by atoms with Crippen LogP contribution in [-0.4, -0.2) is 30.8 Å². The van der Waals surface area contributed by atoms with Crippen LogP contribution < -0.4 is 5.32 Å². The molecule has 0 aromatic heterocycles. The Bertz CT molecular complexity index is 425. The highest BCUT2D eigenvalue weighted by molar-refractivity contribution is 5.94. The average molecular weight is 249 g/mol. The van der Waals surface area contributed by atoms with Crippen LogP contribution in [0.3, 0.4) is 0 Å². The number of phenolic OH excluding ortho intramolecular Hbond substituents is 1. The Morgan fingerprint density at radius 2 is 2.39 bits per heavy atom. The third-order valence-corrected chi connectivity index (χ3v) is 3.33. The Balaban J connectivity index is 1.81. The van der Waals surface area contributed by atoms with Crippen molar-refractivity contribution in [1.82, 2.24) is 5.32 Å². The normalized spacial score (nSPS) is 18.8. The van der Waals surface area contributed by atoms with Gasteiger partial charge in [0.25, 0.3) is 5.91 Å². The zero-order valence-electron chi connectivity index (χ0n) is 10.6. The summed E-state index contributed by atoms with van der Waals surface area (Å²) >= 11 is 0. The van der Waals surface area contributed by atoms with E-state index < -0.39 is 0 Å². The van der Waals surface area contributed by atoms with Gasteiger partial charge in [-0.05, 0) is 43.4 Å². The van der Waals surface area contributed by atoms with Crippen molar-refractivity contribution in [3.05, 3.63) is 29.3 Å². The van der Waals surface area contributed by atoms with Crippen molar-refractivity contribution in [2.45, 2.75) is 19.8 Å². The van der Waals surface area contributed by atoms with Gasteiger partial charge in [0.05, 0.1) is 0 Å². The monoisotopic (exact) mass is 249 g/mol. The summed E-state index contributed by atoms with van der Waals surface area (Å²) in [6, 6.07) is 4.97. The summed E-state index contributed by atoms with van der Waals surface area (Å²) < 4.78 is 5.28. The topological polar surface area (TPSA) is 58.6 Å². The van der Waals surface area contributed by atoms with Crippen molar-refractivity contribution in [3.63, 3.8) is 0 Å². The van der Waals surface area contributed by atoms with Gasteiger partial charge in [-0.25, -0.2) is 0 Å². The van der Waals surface area contributed by atoms with E-state index >= 15 is 0 Å². The van der Waals surface area contributed by atoms with Gasteiger partial charge in [-0.15, -0.1) is 0 Å². The number of nitrogens with one attached hydrogen (secondary N) is 1. The predicted octanol–water partition coefficient (Wildman–Crippen LogP) is 1.86. The Kier molecular flexibility index (Phi) is 4.20. The molecule has 1 saturated heterocycles. The minimum absolute atomic E-state index is 0.135. The average Bonchev–Trinajstić information content (AvgIpc) is 2.85. The van der Waals surface area contributed by atoms with Gasteiger partial charge in [0.15, 0.2) is 0 Å². The highest BCUT2D eigenvalue weighted by atomic mass is 16.5. The zero-order chi connectivity index (χ0) is 13.0. The van der Waals surface area contributed by atoms with Gasteiger partial charge >= 0.3 is 0 Å². The van der Waals surface area contributed by atoms with E-state index in [1.165, 1.54) is 6.07 Å². The molecule has 0 bridgehead atoms. The third-order valence-electron chi connectivity index (χ3n) is 3.33. The number of aromatic hydroxyl groups is 1. The number of hydrogen-bond donors (Lipinski definition) is 2. The van der Waals surface area contributed by atoms with Crippen LogP contribution in [0.1, 0.15) is 28.8 Å². The Morgan fingerprint density at radius 3 is 3.06 bits per heavy atom. The maximum Gasteiger partial charge on any atom is 0.251 e. The number of ether oxygens (including phenoxy) is 1. The molecule has 0 radical (unpaired) electrons. The lowest BCUT2D eigenvalue weighted by Gasteiger charge is -2.09. The van der Waals surface area contributed by atoms with Gasteiger partial charge in [0.2, 0.25) is 0 Å². The lowest BCUT2D eigenvalue weighted by molar-refractivity contribution is 0.0950. The smallest absolute Gasteiger partial charge is 0.251 e. The molecule has 0 saturated carbocycles. The number of amides is 1. The Hall–Kier alpha value is -1.55. The molecule has 98 valence electrons. The molecule has 1 aliphatic rings. The summed E-state index contributed by atoms with van der Waals surface area (Å²) in [5.74, 6) is 0.591. The molecular weight excluding hydrogens is 230 g/mol. The minimum Gasteiger partial charge on any atom is -0.508 e. The SMILES string of the molecule is Cc1ccc(C(=O)NCCC2CCOC2)cc1O. The maximum absolute atomic E-state index is 11.8. The largest absolute Gasteiger partial charge is 0.508 e. The summed E-state index contributed by atoms with van der Waals surface area (Å²) in [5.41, 5.74) is 1.27. The van der Waals surface area contributed by atoms with Crippen molar-refractivity contribution in [1.29, 1.82) is 0 Å². The fraction of sp³-hybridized carbons (Fsp3) is 0.500. The minimum atomic E-state index is -0.135. The molecule has 18 heavy (non-hydrogen) atoms. The number of benzene rings is 1. The van der Waals surface area contributed by atoms with Gasteiger partial charge in [-0.3, -0.25) is 4.79 Å². The summed E-state index contributed by atoms with van der Waals surface area (Å²) in [6.07, 6.45) is 2.03. The second kappa shape index (κ2) is 5.87. The highest BCUT2D eigenvalue weighted by Gasteiger charge is 2.15. The molecule has 1 unspecified atom stereocenters. The number of carbonyl (C=O) groups excluding carboxylic acids is 1. The molecule has 4 heteroatoms. The number of hydrogen-bond acceptors (Lipinski definition) is 3. The predicted molar refractivity (Wildman–Crippen MR) is 68.7 cm³/mol. The molecule has 1 aromatic rings. The van der Waals surface area contributed by atoms with Gasteiger partial charge in [0, 0.05) is 25.3 Å². The molecule has 2 N–H and O–H groups in total. The van der Waals surface area contributed by atoms with Crippen molar-refractivity contribution in [2.75, 3.05) is 19.8 Å². The first-order chi connectivity index (χ1) is 8.66. The van der Waals surface area contributed by atoms with Crippen LogP contribution in [0.4, 0.5) is 0 Å². The van der Waals surface area contributed by atoms with Crippen LogP contribution in [0.5, 0.6) is 5.75 Å². The van der Waals surface area contributed by atoms with Gasteiger partial charge < -0.3 is 15.2 Å². The van der Waals surface area contributed by atoms with Crippen molar-refractivity contribution >= 4 is 5.91 Å². The van der Waals surface area contributed by atoms with Crippen LogP contribution in [0.25, 0.3) is 0 Å². The molecule has 0 spiro atoms. The van der Waals surface area contributed by atoms with E-state index in [4.69, 9.17) is 4.74 Å². The highest BCUT2D eigenvalue weighted by Crippen LogP contribution is 2.18. The first-order valence-electron chi connectivity index (χ1n) is 6.32. The number of phenols is 1. The van der Waals surface area contributed by atoms with Crippen LogP contribution in [0, 0.1) is 12.8 Å². The molecule has 0 aliphatic carbocycles. The van der Waals surface area contributed by atoms with E-state index in [0.29, 0.717) is 18.0 Å². The maximum atomic E-state index is 11.8. The van der Waals surface area contributed by atoms with Gasteiger partial charge in [0.1, 0.15) is 5.75 Å². The second-order valence-electron chi connectivity index (χ2n) is 4.78. The third kappa shape index (κ3) is 3.23. The van der Waals surface area contributed by atoms with Crippen molar-refractivity contribution < 1.29 is 14.6 Å². The van der Waals surface area contributed by atoms with E-state index in [-0.39, 0.29) is 11.7 Å². The van der Waals surface area contributed by atoms with Crippen molar-refractivity contribution in [2.24, 2.45) is 5.92 Å². The summed E-state index contributed by atoms with van der Waals surface area (Å²) in [6.45, 7) is 4.10.